The first-order chi connectivity index (χ1) is 15.9. The SMILES string of the molecule is CC(C)(C)OC(=O)CN(C(=O)c1c(F)cccc1C(F)(F)F)c1cccc(-c2ccccc2)c1. The number of rotatable bonds is 5. The zero-order valence-electron chi connectivity index (χ0n) is 18.8. The molecule has 1 amide bonds. The molecule has 0 unspecified atom stereocenters. The minimum atomic E-state index is -4.98. The molecule has 3 aromatic rings. The highest BCUT2D eigenvalue weighted by Gasteiger charge is 2.39. The highest BCUT2D eigenvalue weighted by Crippen LogP contribution is 2.35. The Bertz CT molecular complexity index is 1180. The Morgan fingerprint density at radius 1 is 0.853 bits per heavy atom. The molecule has 3 aromatic carbocycles. The Morgan fingerprint density at radius 2 is 1.47 bits per heavy atom. The monoisotopic (exact) mass is 473 g/mol. The van der Waals surface area contributed by atoms with Gasteiger partial charge in [-0.3, -0.25) is 14.5 Å². The lowest BCUT2D eigenvalue weighted by Crippen LogP contribution is -2.40. The molecule has 0 N–H and O–H groups in total. The van der Waals surface area contributed by atoms with Gasteiger partial charge in [-0.15, -0.1) is 0 Å². The topological polar surface area (TPSA) is 46.6 Å². The van der Waals surface area contributed by atoms with Gasteiger partial charge < -0.3 is 4.74 Å². The number of ether oxygens (including phenoxy) is 1. The molecule has 0 fully saturated rings. The van der Waals surface area contributed by atoms with Gasteiger partial charge in [0, 0.05) is 5.69 Å². The molecule has 0 aromatic heterocycles. The average molecular weight is 473 g/mol. The lowest BCUT2D eigenvalue weighted by molar-refractivity contribution is -0.152. The summed E-state index contributed by atoms with van der Waals surface area (Å²) in [6.07, 6.45) is -4.98. The Labute approximate surface area is 194 Å². The third kappa shape index (κ3) is 6.01. The van der Waals surface area contributed by atoms with Crippen LogP contribution in [0.4, 0.5) is 23.2 Å². The van der Waals surface area contributed by atoms with Crippen LogP contribution in [0, 0.1) is 5.82 Å². The van der Waals surface area contributed by atoms with Crippen LogP contribution in [0.5, 0.6) is 0 Å². The van der Waals surface area contributed by atoms with E-state index < -0.39 is 47.1 Å². The van der Waals surface area contributed by atoms with Gasteiger partial charge in [-0.2, -0.15) is 13.2 Å². The summed E-state index contributed by atoms with van der Waals surface area (Å²) in [5.41, 5.74) is -1.92. The van der Waals surface area contributed by atoms with Gasteiger partial charge >= 0.3 is 12.1 Å². The zero-order valence-corrected chi connectivity index (χ0v) is 18.8. The second-order valence-corrected chi connectivity index (χ2v) is 8.55. The molecule has 0 saturated heterocycles. The lowest BCUT2D eigenvalue weighted by atomic mass is 10.0. The van der Waals surface area contributed by atoms with Crippen molar-refractivity contribution in [1.82, 2.24) is 0 Å². The van der Waals surface area contributed by atoms with Gasteiger partial charge in [-0.25, -0.2) is 4.39 Å². The molecule has 0 aliphatic rings. The molecule has 34 heavy (non-hydrogen) atoms. The predicted octanol–water partition coefficient (Wildman–Crippen LogP) is 6.50. The Morgan fingerprint density at radius 3 is 2.09 bits per heavy atom. The standard InChI is InChI=1S/C26H23F4NO3/c1-25(2,3)34-22(32)16-31(19-12-7-11-18(15-19)17-9-5-4-6-10-17)24(33)23-20(26(28,29)30)13-8-14-21(23)27/h4-15H,16H2,1-3H3. The maximum absolute atomic E-state index is 14.6. The number of hydrogen-bond donors (Lipinski definition) is 0. The van der Waals surface area contributed by atoms with E-state index in [2.05, 4.69) is 0 Å². The van der Waals surface area contributed by atoms with Crippen LogP contribution in [0.2, 0.25) is 0 Å². The fourth-order valence-electron chi connectivity index (χ4n) is 3.38. The summed E-state index contributed by atoms with van der Waals surface area (Å²) >= 11 is 0. The first kappa shape index (κ1) is 25.0. The molecule has 0 saturated carbocycles. The first-order valence-electron chi connectivity index (χ1n) is 10.4. The van der Waals surface area contributed by atoms with E-state index in [1.807, 2.05) is 18.2 Å². The summed E-state index contributed by atoms with van der Waals surface area (Å²) in [6.45, 7) is 4.14. The molecule has 8 heteroatoms. The fourth-order valence-corrected chi connectivity index (χ4v) is 3.38. The maximum atomic E-state index is 14.6. The van der Waals surface area contributed by atoms with E-state index in [9.17, 15) is 27.2 Å². The molecular formula is C26H23F4NO3. The number of carbonyl (C=O) groups is 2. The third-order valence-electron chi connectivity index (χ3n) is 4.75. The Hall–Kier alpha value is -3.68. The van der Waals surface area contributed by atoms with E-state index in [-0.39, 0.29) is 5.69 Å². The van der Waals surface area contributed by atoms with E-state index in [0.29, 0.717) is 11.6 Å². The van der Waals surface area contributed by atoms with E-state index >= 15 is 0 Å². The summed E-state index contributed by atoms with van der Waals surface area (Å²) in [7, 11) is 0. The number of esters is 1. The molecule has 0 aliphatic carbocycles. The van der Waals surface area contributed by atoms with Crippen LogP contribution >= 0.6 is 0 Å². The minimum Gasteiger partial charge on any atom is -0.459 e. The molecule has 4 nitrogen and oxygen atoms in total. The van der Waals surface area contributed by atoms with Crippen molar-refractivity contribution < 1.29 is 31.9 Å². The second-order valence-electron chi connectivity index (χ2n) is 8.55. The van der Waals surface area contributed by atoms with Crippen molar-refractivity contribution in [2.24, 2.45) is 0 Å². The molecule has 0 spiro atoms. The normalized spacial score (nSPS) is 11.7. The van der Waals surface area contributed by atoms with Crippen molar-refractivity contribution in [3.8, 4) is 11.1 Å². The van der Waals surface area contributed by atoms with Gasteiger partial charge in [0.15, 0.2) is 0 Å². The van der Waals surface area contributed by atoms with E-state index in [4.69, 9.17) is 4.74 Å². The van der Waals surface area contributed by atoms with Crippen molar-refractivity contribution in [2.45, 2.75) is 32.5 Å². The smallest absolute Gasteiger partial charge is 0.417 e. The van der Waals surface area contributed by atoms with Crippen molar-refractivity contribution in [2.75, 3.05) is 11.4 Å². The Kier molecular flexibility index (Phi) is 7.09. The van der Waals surface area contributed by atoms with Gasteiger partial charge in [-0.05, 0) is 56.2 Å². The van der Waals surface area contributed by atoms with E-state index in [1.165, 1.54) is 6.07 Å². The van der Waals surface area contributed by atoms with Crippen LogP contribution in [0.3, 0.4) is 0 Å². The number of benzene rings is 3. The quantitative estimate of drug-likeness (QED) is 0.314. The van der Waals surface area contributed by atoms with Crippen LogP contribution in [-0.2, 0) is 15.7 Å². The fraction of sp³-hybridized carbons (Fsp3) is 0.231. The van der Waals surface area contributed by atoms with Crippen LogP contribution in [0.25, 0.3) is 11.1 Å². The molecule has 0 heterocycles. The van der Waals surface area contributed by atoms with E-state index in [0.717, 1.165) is 22.6 Å². The third-order valence-corrected chi connectivity index (χ3v) is 4.75. The largest absolute Gasteiger partial charge is 0.459 e. The van der Waals surface area contributed by atoms with E-state index in [1.54, 1.807) is 51.1 Å². The van der Waals surface area contributed by atoms with Gasteiger partial charge in [0.1, 0.15) is 18.0 Å². The number of hydrogen-bond acceptors (Lipinski definition) is 3. The number of carbonyl (C=O) groups excluding carboxylic acids is 2. The summed E-state index contributed by atoms with van der Waals surface area (Å²) in [5.74, 6) is -3.49. The number of anilines is 1. The number of halogens is 4. The molecule has 0 radical (unpaired) electrons. The predicted molar refractivity (Wildman–Crippen MR) is 121 cm³/mol. The molecule has 0 atom stereocenters. The molecule has 0 bridgehead atoms. The van der Waals surface area contributed by atoms with Crippen molar-refractivity contribution in [1.29, 1.82) is 0 Å². The van der Waals surface area contributed by atoms with Crippen LogP contribution in [-0.4, -0.2) is 24.0 Å². The van der Waals surface area contributed by atoms with Gasteiger partial charge in [0.2, 0.25) is 0 Å². The molecule has 3 rings (SSSR count). The lowest BCUT2D eigenvalue weighted by Gasteiger charge is -2.27. The number of alkyl halides is 3. The number of amides is 1. The zero-order chi connectivity index (χ0) is 25.1. The minimum absolute atomic E-state index is 0.119. The van der Waals surface area contributed by atoms with Gasteiger partial charge in [0.05, 0.1) is 11.1 Å². The highest BCUT2D eigenvalue weighted by molar-refractivity contribution is 6.09. The van der Waals surface area contributed by atoms with Crippen LogP contribution in [0.1, 0.15) is 36.7 Å². The van der Waals surface area contributed by atoms with Gasteiger partial charge in [-0.1, -0.05) is 48.5 Å². The van der Waals surface area contributed by atoms with Crippen molar-refractivity contribution in [3.05, 3.63) is 89.7 Å². The van der Waals surface area contributed by atoms with Crippen molar-refractivity contribution >= 4 is 17.6 Å². The molecule has 178 valence electrons. The first-order valence-corrected chi connectivity index (χ1v) is 10.4. The summed E-state index contributed by atoms with van der Waals surface area (Å²) in [5, 5.41) is 0. The van der Waals surface area contributed by atoms with Crippen molar-refractivity contribution in [3.63, 3.8) is 0 Å². The van der Waals surface area contributed by atoms with Gasteiger partial charge in [0.25, 0.3) is 5.91 Å². The Balaban J connectivity index is 2.11. The number of nitrogens with zero attached hydrogens (tertiary/aromatic N) is 1. The molecular weight excluding hydrogens is 450 g/mol. The second kappa shape index (κ2) is 9.67. The summed E-state index contributed by atoms with van der Waals surface area (Å²) < 4.78 is 60.7. The molecule has 0 aliphatic heterocycles. The van der Waals surface area contributed by atoms with Crippen LogP contribution in [0.15, 0.2) is 72.8 Å². The van der Waals surface area contributed by atoms with Crippen LogP contribution < -0.4 is 4.90 Å². The average Bonchev–Trinajstić information content (AvgIpc) is 2.76. The maximum Gasteiger partial charge on any atom is 0.417 e. The summed E-state index contributed by atoms with van der Waals surface area (Å²) in [4.78, 5) is 26.7. The summed E-state index contributed by atoms with van der Waals surface area (Å²) in [6, 6.07) is 17.7. The highest BCUT2D eigenvalue weighted by atomic mass is 19.4.